The minimum atomic E-state index is -0.890. The van der Waals surface area contributed by atoms with Crippen LogP contribution in [0.1, 0.15) is 34.6 Å². The molecular formula is C23H21F2N3O3. The highest BCUT2D eigenvalue weighted by Gasteiger charge is 2.30. The Kier molecular flexibility index (Phi) is 5.88. The molecule has 0 bridgehead atoms. The molecule has 2 heterocycles. The van der Waals surface area contributed by atoms with Crippen molar-refractivity contribution in [3.05, 3.63) is 71.1 Å². The van der Waals surface area contributed by atoms with Crippen LogP contribution in [-0.4, -0.2) is 39.8 Å². The Labute approximate surface area is 177 Å². The molecule has 4 rings (SSSR count). The molecule has 0 spiro atoms. The van der Waals surface area contributed by atoms with Crippen LogP contribution in [0, 0.1) is 24.5 Å². The van der Waals surface area contributed by atoms with Crippen LogP contribution < -0.4 is 0 Å². The number of para-hydroxylation sites is 2. The molecule has 1 saturated heterocycles. The summed E-state index contributed by atoms with van der Waals surface area (Å²) in [5.74, 6) is -2.84. The van der Waals surface area contributed by atoms with E-state index in [1.807, 2.05) is 31.2 Å². The van der Waals surface area contributed by atoms with Crippen LogP contribution >= 0.6 is 0 Å². The van der Waals surface area contributed by atoms with Gasteiger partial charge in [-0.2, -0.15) is 0 Å². The molecule has 1 fully saturated rings. The van der Waals surface area contributed by atoms with Gasteiger partial charge in [0.15, 0.2) is 0 Å². The van der Waals surface area contributed by atoms with Gasteiger partial charge >= 0.3 is 5.97 Å². The molecule has 1 aromatic heterocycles. The number of hydrogen-bond donors (Lipinski definition) is 0. The molecule has 8 heteroatoms. The molecule has 0 unspecified atom stereocenters. The fourth-order valence-electron chi connectivity index (χ4n) is 3.67. The number of rotatable bonds is 4. The van der Waals surface area contributed by atoms with Crippen LogP contribution in [0.2, 0.25) is 0 Å². The average molecular weight is 425 g/mol. The lowest BCUT2D eigenvalue weighted by Gasteiger charge is -2.31. The van der Waals surface area contributed by atoms with Crippen molar-refractivity contribution >= 4 is 22.9 Å². The first-order chi connectivity index (χ1) is 14.9. The molecule has 0 saturated carbocycles. The van der Waals surface area contributed by atoms with Gasteiger partial charge in [-0.15, -0.1) is 0 Å². The summed E-state index contributed by atoms with van der Waals surface area (Å²) in [6.07, 6.45) is 0.825. The summed E-state index contributed by atoms with van der Waals surface area (Å²) in [7, 11) is 0. The van der Waals surface area contributed by atoms with E-state index < -0.39 is 17.5 Å². The lowest BCUT2D eigenvalue weighted by atomic mass is 9.96. The minimum Gasteiger partial charge on any atom is -0.459 e. The quantitative estimate of drug-likeness (QED) is 0.595. The third kappa shape index (κ3) is 4.52. The Morgan fingerprint density at radius 3 is 2.42 bits per heavy atom. The molecule has 0 atom stereocenters. The van der Waals surface area contributed by atoms with Gasteiger partial charge in [-0.3, -0.25) is 9.59 Å². The van der Waals surface area contributed by atoms with Crippen LogP contribution in [0.15, 0.2) is 42.5 Å². The number of ether oxygens (including phenoxy) is 1. The predicted molar refractivity (Wildman–Crippen MR) is 109 cm³/mol. The number of hydrogen-bond acceptors (Lipinski definition) is 5. The number of nitrogens with zero attached hydrogens (tertiary/aromatic N) is 3. The maximum absolute atomic E-state index is 13.9. The van der Waals surface area contributed by atoms with Gasteiger partial charge < -0.3 is 9.64 Å². The molecule has 3 aromatic rings. The summed E-state index contributed by atoms with van der Waals surface area (Å²) >= 11 is 0. The first-order valence-corrected chi connectivity index (χ1v) is 10.1. The monoisotopic (exact) mass is 425 g/mol. The van der Waals surface area contributed by atoms with Crippen molar-refractivity contribution in [2.24, 2.45) is 5.92 Å². The van der Waals surface area contributed by atoms with Crippen LogP contribution in [0.4, 0.5) is 8.78 Å². The van der Waals surface area contributed by atoms with Crippen molar-refractivity contribution < 1.29 is 23.1 Å². The van der Waals surface area contributed by atoms with E-state index in [0.717, 1.165) is 23.2 Å². The zero-order valence-electron chi connectivity index (χ0n) is 17.0. The van der Waals surface area contributed by atoms with Gasteiger partial charge in [-0.25, -0.2) is 18.7 Å². The van der Waals surface area contributed by atoms with E-state index in [4.69, 9.17) is 4.74 Å². The Hall–Kier alpha value is -3.42. The first kappa shape index (κ1) is 20.8. The van der Waals surface area contributed by atoms with Gasteiger partial charge in [0.25, 0.3) is 5.91 Å². The van der Waals surface area contributed by atoms with Crippen LogP contribution in [0.5, 0.6) is 0 Å². The highest BCUT2D eigenvalue weighted by molar-refractivity contribution is 5.94. The van der Waals surface area contributed by atoms with E-state index >= 15 is 0 Å². The minimum absolute atomic E-state index is 0.0302. The summed E-state index contributed by atoms with van der Waals surface area (Å²) in [6, 6.07) is 10.4. The topological polar surface area (TPSA) is 72.4 Å². The maximum Gasteiger partial charge on any atom is 0.309 e. The molecule has 160 valence electrons. The normalized spacial score (nSPS) is 14.6. The summed E-state index contributed by atoms with van der Waals surface area (Å²) < 4.78 is 32.4. The summed E-state index contributed by atoms with van der Waals surface area (Å²) in [4.78, 5) is 35.5. The number of carbonyl (C=O) groups excluding carboxylic acids is 2. The Balaban J connectivity index is 1.33. The van der Waals surface area contributed by atoms with Gasteiger partial charge in [0.05, 0.1) is 33.9 Å². The molecule has 1 aliphatic heterocycles. The first-order valence-electron chi connectivity index (χ1n) is 10.1. The molecule has 1 aliphatic rings. The van der Waals surface area contributed by atoms with Crippen molar-refractivity contribution in [1.82, 2.24) is 14.9 Å². The SMILES string of the molecule is Cc1nc2ccccc2nc1COC(=O)C1CCN(C(=O)c2ccc(F)cc2F)CC1. The van der Waals surface area contributed by atoms with E-state index in [1.54, 1.807) is 0 Å². The number of aryl methyl sites for hydroxylation is 1. The third-order valence-corrected chi connectivity index (χ3v) is 5.47. The zero-order chi connectivity index (χ0) is 22.0. The number of carbonyl (C=O) groups is 2. The molecular weight excluding hydrogens is 404 g/mol. The summed E-state index contributed by atoms with van der Waals surface area (Å²) in [6.45, 7) is 2.44. The van der Waals surface area contributed by atoms with Crippen molar-refractivity contribution in [3.8, 4) is 0 Å². The van der Waals surface area contributed by atoms with Crippen molar-refractivity contribution in [2.75, 3.05) is 13.1 Å². The second kappa shape index (κ2) is 8.75. The van der Waals surface area contributed by atoms with E-state index in [1.165, 1.54) is 4.90 Å². The van der Waals surface area contributed by atoms with Gasteiger partial charge in [0.2, 0.25) is 0 Å². The molecule has 0 N–H and O–H groups in total. The standard InChI is InChI=1S/C23H21F2N3O3/c1-14-21(27-20-5-3-2-4-19(20)26-14)13-31-23(30)15-8-10-28(11-9-15)22(29)17-7-6-16(24)12-18(17)25/h2-7,12,15H,8-11,13H2,1H3. The smallest absolute Gasteiger partial charge is 0.309 e. The lowest BCUT2D eigenvalue weighted by Crippen LogP contribution is -2.41. The van der Waals surface area contributed by atoms with E-state index in [9.17, 15) is 18.4 Å². The summed E-state index contributed by atoms with van der Waals surface area (Å²) in [5.41, 5.74) is 2.65. The highest BCUT2D eigenvalue weighted by Crippen LogP contribution is 2.22. The van der Waals surface area contributed by atoms with Crippen LogP contribution in [0.25, 0.3) is 11.0 Å². The van der Waals surface area contributed by atoms with E-state index in [2.05, 4.69) is 9.97 Å². The van der Waals surface area contributed by atoms with Crippen molar-refractivity contribution in [2.45, 2.75) is 26.4 Å². The Morgan fingerprint density at radius 2 is 1.74 bits per heavy atom. The number of piperidine rings is 1. The average Bonchev–Trinajstić information content (AvgIpc) is 2.77. The zero-order valence-corrected chi connectivity index (χ0v) is 17.0. The molecule has 0 aliphatic carbocycles. The van der Waals surface area contributed by atoms with Crippen LogP contribution in [-0.2, 0) is 16.1 Å². The third-order valence-electron chi connectivity index (χ3n) is 5.47. The number of amides is 1. The lowest BCUT2D eigenvalue weighted by molar-refractivity contribution is -0.151. The molecule has 1 amide bonds. The van der Waals surface area contributed by atoms with E-state index in [0.29, 0.717) is 43.4 Å². The number of fused-ring (bicyclic) bond motifs is 1. The van der Waals surface area contributed by atoms with Crippen molar-refractivity contribution in [3.63, 3.8) is 0 Å². The largest absolute Gasteiger partial charge is 0.459 e. The van der Waals surface area contributed by atoms with Gasteiger partial charge in [-0.05, 0) is 44.0 Å². The number of likely N-dealkylation sites (tertiary alicyclic amines) is 1. The number of esters is 1. The molecule has 6 nitrogen and oxygen atoms in total. The van der Waals surface area contributed by atoms with Gasteiger partial charge in [-0.1, -0.05) is 12.1 Å². The second-order valence-corrected chi connectivity index (χ2v) is 7.54. The second-order valence-electron chi connectivity index (χ2n) is 7.54. The summed E-state index contributed by atoms with van der Waals surface area (Å²) in [5, 5.41) is 0. The Morgan fingerprint density at radius 1 is 1.06 bits per heavy atom. The fraction of sp³-hybridized carbons (Fsp3) is 0.304. The number of aromatic nitrogens is 2. The number of halogens is 2. The maximum atomic E-state index is 13.9. The number of benzene rings is 2. The van der Waals surface area contributed by atoms with Crippen molar-refractivity contribution in [1.29, 1.82) is 0 Å². The Bertz CT molecular complexity index is 1140. The fourth-order valence-corrected chi connectivity index (χ4v) is 3.67. The molecule has 2 aromatic carbocycles. The predicted octanol–water partition coefficient (Wildman–Crippen LogP) is 3.81. The van der Waals surface area contributed by atoms with E-state index in [-0.39, 0.29) is 24.1 Å². The van der Waals surface area contributed by atoms with Gasteiger partial charge in [0.1, 0.15) is 18.2 Å². The molecule has 31 heavy (non-hydrogen) atoms. The van der Waals surface area contributed by atoms with Crippen LogP contribution in [0.3, 0.4) is 0 Å². The highest BCUT2D eigenvalue weighted by atomic mass is 19.1. The molecule has 0 radical (unpaired) electrons. The van der Waals surface area contributed by atoms with Gasteiger partial charge in [0, 0.05) is 19.2 Å².